The van der Waals surface area contributed by atoms with Gasteiger partial charge in [-0.1, -0.05) is 6.58 Å². The molecule has 0 aromatic heterocycles. The Morgan fingerprint density at radius 2 is 2.23 bits per heavy atom. The lowest BCUT2D eigenvalue weighted by atomic mass is 10.1. The molecule has 0 aromatic rings. The molecule has 0 aliphatic heterocycles. The van der Waals surface area contributed by atoms with Crippen LogP contribution in [0.5, 0.6) is 0 Å². The standard InChI is InChI=1S/C9H12NO3/c1-5-13-9(4,10-6-11)8(12)7(2)3/h2,4-5H2,1,3H3. The molecule has 0 aliphatic carbocycles. The first-order valence-electron chi connectivity index (χ1n) is 3.76. The van der Waals surface area contributed by atoms with E-state index in [0.29, 0.717) is 0 Å². The van der Waals surface area contributed by atoms with Gasteiger partial charge < -0.3 is 4.74 Å². The molecular formula is C9H12NO3. The minimum atomic E-state index is -1.71. The molecule has 0 saturated heterocycles. The van der Waals surface area contributed by atoms with Crippen LogP contribution in [0.3, 0.4) is 0 Å². The predicted molar refractivity (Wildman–Crippen MR) is 47.7 cm³/mol. The minimum absolute atomic E-state index is 0.230. The summed E-state index contributed by atoms with van der Waals surface area (Å²) in [6.45, 7) is 10.2. The second-order valence-electron chi connectivity index (χ2n) is 2.53. The maximum absolute atomic E-state index is 11.4. The molecule has 0 heterocycles. The van der Waals surface area contributed by atoms with E-state index < -0.39 is 11.5 Å². The van der Waals surface area contributed by atoms with E-state index in [9.17, 15) is 9.59 Å². The van der Waals surface area contributed by atoms with Crippen LogP contribution >= 0.6 is 0 Å². The predicted octanol–water partition coefficient (Wildman–Crippen LogP) is 1.03. The molecule has 71 valence electrons. The van der Waals surface area contributed by atoms with Crippen molar-refractivity contribution >= 4 is 11.9 Å². The smallest absolute Gasteiger partial charge is 0.238 e. The third-order valence-electron chi connectivity index (χ3n) is 1.35. The second kappa shape index (κ2) is 4.70. The fourth-order valence-electron chi connectivity index (χ4n) is 0.795. The van der Waals surface area contributed by atoms with Crippen molar-refractivity contribution in [3.05, 3.63) is 19.1 Å². The first kappa shape index (κ1) is 11.8. The average molecular weight is 182 g/mol. The number of hydrogen-bond acceptors (Lipinski definition) is 4. The number of ether oxygens (including phenoxy) is 1. The topological polar surface area (TPSA) is 55.7 Å². The zero-order valence-corrected chi connectivity index (χ0v) is 7.79. The molecule has 4 nitrogen and oxygen atoms in total. The van der Waals surface area contributed by atoms with Gasteiger partial charge in [-0.15, -0.1) is 0 Å². The van der Waals surface area contributed by atoms with Crippen molar-refractivity contribution in [2.75, 3.05) is 6.61 Å². The van der Waals surface area contributed by atoms with Crippen LogP contribution < -0.4 is 0 Å². The molecule has 0 saturated carbocycles. The van der Waals surface area contributed by atoms with Gasteiger partial charge in [-0.2, -0.15) is 4.99 Å². The molecule has 0 amide bonds. The highest BCUT2D eigenvalue weighted by Crippen LogP contribution is 2.16. The van der Waals surface area contributed by atoms with E-state index in [0.717, 1.165) is 0 Å². The molecule has 0 spiro atoms. The quantitative estimate of drug-likeness (QED) is 0.362. The zero-order valence-electron chi connectivity index (χ0n) is 7.79. The van der Waals surface area contributed by atoms with Crippen LogP contribution in [0.2, 0.25) is 0 Å². The van der Waals surface area contributed by atoms with Crippen LogP contribution in [-0.2, 0) is 14.3 Å². The Bertz CT molecular complexity index is 266. The highest BCUT2D eigenvalue weighted by atomic mass is 16.5. The van der Waals surface area contributed by atoms with Gasteiger partial charge in [0.05, 0.1) is 0 Å². The monoisotopic (exact) mass is 182 g/mol. The third-order valence-corrected chi connectivity index (χ3v) is 1.35. The van der Waals surface area contributed by atoms with Crippen LogP contribution in [0.4, 0.5) is 0 Å². The van der Waals surface area contributed by atoms with Gasteiger partial charge >= 0.3 is 0 Å². The molecule has 0 aromatic carbocycles. The summed E-state index contributed by atoms with van der Waals surface area (Å²) in [7, 11) is 0. The van der Waals surface area contributed by atoms with Crippen LogP contribution in [-0.4, -0.2) is 24.2 Å². The van der Waals surface area contributed by atoms with E-state index in [4.69, 9.17) is 4.74 Å². The Balaban J connectivity index is 4.88. The lowest BCUT2D eigenvalue weighted by molar-refractivity contribution is -0.133. The van der Waals surface area contributed by atoms with Gasteiger partial charge in [0, 0.05) is 13.5 Å². The molecule has 0 fully saturated rings. The van der Waals surface area contributed by atoms with E-state index >= 15 is 0 Å². The molecular weight excluding hydrogens is 170 g/mol. The average Bonchev–Trinajstić information content (AvgIpc) is 2.03. The van der Waals surface area contributed by atoms with E-state index in [1.807, 2.05) is 0 Å². The van der Waals surface area contributed by atoms with Gasteiger partial charge in [0.2, 0.25) is 17.6 Å². The first-order chi connectivity index (χ1) is 5.98. The van der Waals surface area contributed by atoms with Crippen molar-refractivity contribution in [3.8, 4) is 0 Å². The Morgan fingerprint density at radius 3 is 2.54 bits per heavy atom. The number of hydrogen-bond donors (Lipinski definition) is 0. The zero-order chi connectivity index (χ0) is 10.5. The van der Waals surface area contributed by atoms with E-state index in [-0.39, 0.29) is 12.2 Å². The second-order valence-corrected chi connectivity index (χ2v) is 2.53. The van der Waals surface area contributed by atoms with Gasteiger partial charge in [-0.25, -0.2) is 4.79 Å². The number of rotatable bonds is 5. The molecule has 0 rings (SSSR count). The van der Waals surface area contributed by atoms with E-state index in [2.05, 4.69) is 18.5 Å². The van der Waals surface area contributed by atoms with Crippen molar-refractivity contribution in [3.63, 3.8) is 0 Å². The number of carbonyl (C=O) groups is 1. The summed E-state index contributed by atoms with van der Waals surface area (Å²) in [5.41, 5.74) is -1.47. The van der Waals surface area contributed by atoms with Gasteiger partial charge in [0.15, 0.2) is 0 Å². The fraction of sp³-hybridized carbons (Fsp3) is 0.444. The SMILES string of the molecule is [CH2]C(N=C=O)(OCC)C(=O)C(=C)C. The highest BCUT2D eigenvalue weighted by molar-refractivity contribution is 6.01. The number of Topliss-reactive ketones (excluding diaryl/α,β-unsaturated/α-hetero) is 1. The van der Waals surface area contributed by atoms with Crippen molar-refractivity contribution in [1.82, 2.24) is 0 Å². The largest absolute Gasteiger partial charge is 0.347 e. The number of nitrogens with zero attached hydrogens (tertiary/aromatic N) is 1. The summed E-state index contributed by atoms with van der Waals surface area (Å²) in [4.78, 5) is 24.6. The van der Waals surface area contributed by atoms with Gasteiger partial charge in [-0.3, -0.25) is 4.79 Å². The van der Waals surface area contributed by atoms with Crippen LogP contribution in [0.1, 0.15) is 13.8 Å². The molecule has 4 heteroatoms. The third kappa shape index (κ3) is 2.93. The van der Waals surface area contributed by atoms with Crippen molar-refractivity contribution in [2.45, 2.75) is 19.6 Å². The first-order valence-corrected chi connectivity index (χ1v) is 3.76. The Hall–Kier alpha value is -1.25. The lowest BCUT2D eigenvalue weighted by Crippen LogP contribution is -2.37. The van der Waals surface area contributed by atoms with Gasteiger partial charge in [0.1, 0.15) is 0 Å². The fourth-order valence-corrected chi connectivity index (χ4v) is 0.795. The van der Waals surface area contributed by atoms with Gasteiger partial charge in [-0.05, 0) is 19.4 Å². The minimum Gasteiger partial charge on any atom is -0.347 e. The van der Waals surface area contributed by atoms with Crippen LogP contribution in [0.15, 0.2) is 17.1 Å². The summed E-state index contributed by atoms with van der Waals surface area (Å²) >= 11 is 0. The molecule has 0 aliphatic rings. The Kier molecular flexibility index (Phi) is 4.25. The van der Waals surface area contributed by atoms with Crippen molar-refractivity contribution in [1.29, 1.82) is 0 Å². The summed E-state index contributed by atoms with van der Waals surface area (Å²) in [6.07, 6.45) is 1.25. The summed E-state index contributed by atoms with van der Waals surface area (Å²) in [6, 6.07) is 0. The number of ketones is 1. The summed E-state index contributed by atoms with van der Waals surface area (Å²) in [5.74, 6) is -0.516. The normalized spacial score (nSPS) is 14.1. The summed E-state index contributed by atoms with van der Waals surface area (Å²) in [5, 5.41) is 0. The van der Waals surface area contributed by atoms with Crippen LogP contribution in [0.25, 0.3) is 0 Å². The van der Waals surface area contributed by atoms with Crippen molar-refractivity contribution < 1.29 is 14.3 Å². The maximum atomic E-state index is 11.4. The number of carbonyl (C=O) groups excluding carboxylic acids is 2. The molecule has 0 N–H and O–H groups in total. The molecule has 1 radical (unpaired) electrons. The lowest BCUT2D eigenvalue weighted by Gasteiger charge is -2.20. The molecule has 0 bridgehead atoms. The number of isocyanates is 1. The van der Waals surface area contributed by atoms with Gasteiger partial charge in [0.25, 0.3) is 0 Å². The van der Waals surface area contributed by atoms with E-state index in [1.54, 1.807) is 6.92 Å². The molecule has 13 heavy (non-hydrogen) atoms. The maximum Gasteiger partial charge on any atom is 0.238 e. The van der Waals surface area contributed by atoms with E-state index in [1.165, 1.54) is 13.0 Å². The van der Waals surface area contributed by atoms with Crippen molar-refractivity contribution in [2.24, 2.45) is 4.99 Å². The Labute approximate surface area is 77.3 Å². The van der Waals surface area contributed by atoms with Crippen LogP contribution in [0, 0.1) is 6.92 Å². The molecule has 1 atom stereocenters. The number of aliphatic imine (C=N–C) groups is 1. The highest BCUT2D eigenvalue weighted by Gasteiger charge is 2.33. The Morgan fingerprint density at radius 1 is 1.69 bits per heavy atom. The molecule has 1 unspecified atom stereocenters. The summed E-state index contributed by atoms with van der Waals surface area (Å²) < 4.78 is 4.94.